The third-order valence-corrected chi connectivity index (χ3v) is 6.32. The Morgan fingerprint density at radius 3 is 2.60 bits per heavy atom. The maximum absolute atomic E-state index is 11.9. The van der Waals surface area contributed by atoms with Crippen LogP contribution in [-0.2, 0) is 16.3 Å². The topological polar surface area (TPSA) is 29.1 Å². The second-order valence-electron chi connectivity index (χ2n) is 5.57. The van der Waals surface area contributed by atoms with Crippen LogP contribution in [0.25, 0.3) is 0 Å². The maximum atomic E-state index is 11.9. The standard InChI is InChI=1S/C19H21Cl2NOS2/c1-14-4-2-3-5-16(14)12-25-13-19(23)22-8-9-24-11-15-6-7-17(20)18(21)10-15/h2-7,10H,8-9,11-13H2,1H3,(H,22,23). The van der Waals surface area contributed by atoms with Crippen molar-refractivity contribution in [1.29, 1.82) is 0 Å². The zero-order valence-electron chi connectivity index (χ0n) is 14.1. The second-order valence-corrected chi connectivity index (χ2v) is 8.48. The van der Waals surface area contributed by atoms with Crippen molar-refractivity contribution in [3.63, 3.8) is 0 Å². The molecule has 0 fully saturated rings. The fourth-order valence-corrected chi connectivity index (χ4v) is 4.22. The number of aryl methyl sites for hydroxylation is 1. The van der Waals surface area contributed by atoms with E-state index < -0.39 is 0 Å². The fourth-order valence-electron chi connectivity index (χ4n) is 2.16. The van der Waals surface area contributed by atoms with Gasteiger partial charge in [0.2, 0.25) is 5.91 Å². The molecule has 0 aliphatic rings. The Balaban J connectivity index is 1.56. The number of amides is 1. The number of hydrogen-bond donors (Lipinski definition) is 1. The number of thioether (sulfide) groups is 2. The lowest BCUT2D eigenvalue weighted by Gasteiger charge is -2.07. The van der Waals surface area contributed by atoms with E-state index in [0.29, 0.717) is 22.3 Å². The summed E-state index contributed by atoms with van der Waals surface area (Å²) in [5.74, 6) is 3.18. The molecular weight excluding hydrogens is 393 g/mol. The summed E-state index contributed by atoms with van der Waals surface area (Å²) in [6, 6.07) is 14.0. The molecule has 0 saturated carbocycles. The van der Waals surface area contributed by atoms with Crippen LogP contribution in [-0.4, -0.2) is 24.0 Å². The van der Waals surface area contributed by atoms with Gasteiger partial charge in [0.05, 0.1) is 15.8 Å². The molecule has 2 nitrogen and oxygen atoms in total. The lowest BCUT2D eigenvalue weighted by molar-refractivity contribution is -0.118. The summed E-state index contributed by atoms with van der Waals surface area (Å²) in [6.07, 6.45) is 0. The molecule has 25 heavy (non-hydrogen) atoms. The average molecular weight is 414 g/mol. The smallest absolute Gasteiger partial charge is 0.230 e. The Kier molecular flexibility index (Phi) is 9.04. The highest BCUT2D eigenvalue weighted by atomic mass is 35.5. The van der Waals surface area contributed by atoms with Crippen molar-refractivity contribution >= 4 is 52.6 Å². The van der Waals surface area contributed by atoms with Crippen LogP contribution in [0.5, 0.6) is 0 Å². The zero-order valence-corrected chi connectivity index (χ0v) is 17.2. The van der Waals surface area contributed by atoms with Crippen molar-refractivity contribution in [2.75, 3.05) is 18.1 Å². The number of hydrogen-bond acceptors (Lipinski definition) is 3. The molecule has 0 aliphatic carbocycles. The highest BCUT2D eigenvalue weighted by Gasteiger charge is 2.04. The average Bonchev–Trinajstić information content (AvgIpc) is 2.59. The van der Waals surface area contributed by atoms with Gasteiger partial charge in [-0.1, -0.05) is 53.5 Å². The van der Waals surface area contributed by atoms with E-state index in [1.165, 1.54) is 11.1 Å². The lowest BCUT2D eigenvalue weighted by atomic mass is 10.1. The molecule has 1 amide bonds. The van der Waals surface area contributed by atoms with Gasteiger partial charge in [-0.05, 0) is 35.7 Å². The van der Waals surface area contributed by atoms with Crippen molar-refractivity contribution in [2.24, 2.45) is 0 Å². The van der Waals surface area contributed by atoms with Crippen LogP contribution in [0.2, 0.25) is 10.0 Å². The third kappa shape index (κ3) is 7.53. The summed E-state index contributed by atoms with van der Waals surface area (Å²) in [4.78, 5) is 11.9. The minimum absolute atomic E-state index is 0.0914. The van der Waals surface area contributed by atoms with Crippen LogP contribution < -0.4 is 5.32 Å². The second kappa shape index (κ2) is 11.0. The van der Waals surface area contributed by atoms with E-state index in [9.17, 15) is 4.79 Å². The van der Waals surface area contributed by atoms with Gasteiger partial charge in [-0.25, -0.2) is 0 Å². The number of carbonyl (C=O) groups excluding carboxylic acids is 1. The molecule has 0 unspecified atom stereocenters. The van der Waals surface area contributed by atoms with Gasteiger partial charge < -0.3 is 5.32 Å². The highest BCUT2D eigenvalue weighted by Crippen LogP contribution is 2.24. The van der Waals surface area contributed by atoms with Crippen LogP contribution in [0.4, 0.5) is 0 Å². The molecule has 0 bridgehead atoms. The monoisotopic (exact) mass is 413 g/mol. The Hall–Kier alpha value is -0.810. The molecule has 0 atom stereocenters. The predicted octanol–water partition coefficient (Wildman–Crippen LogP) is 5.58. The number of rotatable bonds is 9. The lowest BCUT2D eigenvalue weighted by Crippen LogP contribution is -2.27. The predicted molar refractivity (Wildman–Crippen MR) is 113 cm³/mol. The van der Waals surface area contributed by atoms with Crippen LogP contribution in [0.3, 0.4) is 0 Å². The van der Waals surface area contributed by atoms with Gasteiger partial charge in [0.1, 0.15) is 0 Å². The highest BCUT2D eigenvalue weighted by molar-refractivity contribution is 7.99. The maximum Gasteiger partial charge on any atom is 0.230 e. The number of carbonyl (C=O) groups is 1. The molecule has 2 aromatic carbocycles. The molecular formula is C19H21Cl2NOS2. The van der Waals surface area contributed by atoms with E-state index in [-0.39, 0.29) is 5.91 Å². The van der Waals surface area contributed by atoms with Gasteiger partial charge in [0.15, 0.2) is 0 Å². The van der Waals surface area contributed by atoms with Gasteiger partial charge >= 0.3 is 0 Å². The Morgan fingerprint density at radius 2 is 1.84 bits per heavy atom. The summed E-state index contributed by atoms with van der Waals surface area (Å²) in [6.45, 7) is 2.77. The first-order valence-corrected chi connectivity index (χ1v) is 11.0. The van der Waals surface area contributed by atoms with E-state index >= 15 is 0 Å². The van der Waals surface area contributed by atoms with Crippen molar-refractivity contribution in [3.05, 3.63) is 69.2 Å². The van der Waals surface area contributed by atoms with Crippen LogP contribution >= 0.6 is 46.7 Å². The largest absolute Gasteiger partial charge is 0.355 e. The Morgan fingerprint density at radius 1 is 1.04 bits per heavy atom. The first kappa shape index (κ1) is 20.5. The normalized spacial score (nSPS) is 10.7. The quantitative estimate of drug-likeness (QED) is 0.543. The molecule has 0 aromatic heterocycles. The summed E-state index contributed by atoms with van der Waals surface area (Å²) < 4.78 is 0. The van der Waals surface area contributed by atoms with Crippen LogP contribution in [0.1, 0.15) is 16.7 Å². The first-order valence-electron chi connectivity index (χ1n) is 7.97. The van der Waals surface area contributed by atoms with E-state index in [2.05, 4.69) is 24.4 Å². The summed E-state index contributed by atoms with van der Waals surface area (Å²) >= 11 is 15.3. The van der Waals surface area contributed by atoms with Gasteiger partial charge in [-0.3, -0.25) is 4.79 Å². The van der Waals surface area contributed by atoms with Crippen molar-refractivity contribution in [2.45, 2.75) is 18.4 Å². The molecule has 0 saturated heterocycles. The summed E-state index contributed by atoms with van der Waals surface area (Å²) in [5, 5.41) is 4.12. The minimum atomic E-state index is 0.0914. The van der Waals surface area contributed by atoms with Crippen LogP contribution in [0.15, 0.2) is 42.5 Å². The van der Waals surface area contributed by atoms with Crippen molar-refractivity contribution < 1.29 is 4.79 Å². The first-order chi connectivity index (χ1) is 12.1. The molecule has 2 rings (SSSR count). The fraction of sp³-hybridized carbons (Fsp3) is 0.316. The van der Waals surface area contributed by atoms with E-state index in [4.69, 9.17) is 23.2 Å². The van der Waals surface area contributed by atoms with Gasteiger partial charge in [-0.15, -0.1) is 11.8 Å². The molecule has 2 aromatic rings. The molecule has 0 aliphatic heterocycles. The van der Waals surface area contributed by atoms with Crippen molar-refractivity contribution in [1.82, 2.24) is 5.32 Å². The summed E-state index contributed by atoms with van der Waals surface area (Å²) in [7, 11) is 0. The molecule has 1 N–H and O–H groups in total. The molecule has 0 heterocycles. The van der Waals surface area contributed by atoms with E-state index in [0.717, 1.165) is 22.8 Å². The van der Waals surface area contributed by atoms with Gasteiger partial charge in [0.25, 0.3) is 0 Å². The third-order valence-electron chi connectivity index (χ3n) is 3.57. The Bertz CT molecular complexity index is 710. The molecule has 134 valence electrons. The summed E-state index contributed by atoms with van der Waals surface area (Å²) in [5.41, 5.74) is 3.70. The molecule has 0 radical (unpaired) electrons. The number of nitrogens with one attached hydrogen (secondary N) is 1. The zero-order chi connectivity index (χ0) is 18.1. The van der Waals surface area contributed by atoms with E-state index in [1.54, 1.807) is 23.5 Å². The molecule has 6 heteroatoms. The Labute approximate surface area is 168 Å². The number of halogens is 2. The van der Waals surface area contributed by atoms with Crippen LogP contribution in [0, 0.1) is 6.92 Å². The van der Waals surface area contributed by atoms with Gasteiger partial charge in [-0.2, -0.15) is 11.8 Å². The molecule has 0 spiro atoms. The minimum Gasteiger partial charge on any atom is -0.355 e. The van der Waals surface area contributed by atoms with Crippen molar-refractivity contribution in [3.8, 4) is 0 Å². The SMILES string of the molecule is Cc1ccccc1CSCC(=O)NCCSCc1ccc(Cl)c(Cl)c1. The van der Waals surface area contributed by atoms with E-state index in [1.807, 2.05) is 30.3 Å². The van der Waals surface area contributed by atoms with Gasteiger partial charge in [0, 0.05) is 23.8 Å². The number of benzene rings is 2.